The summed E-state index contributed by atoms with van der Waals surface area (Å²) in [5.74, 6) is -0.224. The maximum Gasteiger partial charge on any atom is 0.212 e. The molecule has 0 unspecified atom stereocenters. The van der Waals surface area contributed by atoms with Crippen LogP contribution < -0.4 is 0 Å². The highest BCUT2D eigenvalue weighted by Gasteiger charge is 2.19. The Morgan fingerprint density at radius 3 is 2.80 bits per heavy atom. The highest BCUT2D eigenvalue weighted by Crippen LogP contribution is 2.26. The Morgan fingerprint density at radius 2 is 2.15 bits per heavy atom. The lowest BCUT2D eigenvalue weighted by Gasteiger charge is -2.07. The van der Waals surface area contributed by atoms with Crippen molar-refractivity contribution in [2.45, 2.75) is 6.54 Å². The Bertz CT molecular complexity index is 643. The van der Waals surface area contributed by atoms with Gasteiger partial charge in [-0.3, -0.25) is 9.48 Å². The van der Waals surface area contributed by atoms with Crippen LogP contribution in [0.3, 0.4) is 0 Å². The van der Waals surface area contributed by atoms with Gasteiger partial charge >= 0.3 is 0 Å². The first-order valence-electron chi connectivity index (χ1n) is 5.74. The van der Waals surface area contributed by atoms with Gasteiger partial charge in [0.05, 0.1) is 29.4 Å². The van der Waals surface area contributed by atoms with Gasteiger partial charge in [0, 0.05) is 17.1 Å². The minimum absolute atomic E-state index is 0.224. The summed E-state index contributed by atoms with van der Waals surface area (Å²) >= 11 is 15.3. The van der Waals surface area contributed by atoms with Crippen molar-refractivity contribution < 1.29 is 9.53 Å². The summed E-state index contributed by atoms with van der Waals surface area (Å²) in [5.41, 5.74) is 0.793. The third-order valence-corrected chi connectivity index (χ3v) is 4.21. The molecule has 0 aliphatic heterocycles. The molecule has 1 aromatic heterocycles. The maximum absolute atomic E-state index is 12.5. The lowest BCUT2D eigenvalue weighted by Crippen LogP contribution is -2.14. The molecule has 2 rings (SSSR count). The van der Waals surface area contributed by atoms with E-state index in [4.69, 9.17) is 27.9 Å². The van der Waals surface area contributed by atoms with Crippen LogP contribution in [-0.2, 0) is 11.3 Å². The number of carbonyl (C=O) groups is 1. The number of halogens is 3. The van der Waals surface area contributed by atoms with Gasteiger partial charge in [-0.2, -0.15) is 5.10 Å². The summed E-state index contributed by atoms with van der Waals surface area (Å²) < 4.78 is 7.25. The second kappa shape index (κ2) is 6.72. The maximum atomic E-state index is 12.5. The molecular formula is C13H11BrCl2N2O2. The molecule has 0 bridgehead atoms. The first-order valence-corrected chi connectivity index (χ1v) is 7.29. The van der Waals surface area contributed by atoms with Gasteiger partial charge < -0.3 is 4.74 Å². The molecule has 0 amide bonds. The molecule has 0 atom stereocenters. The second-order valence-electron chi connectivity index (χ2n) is 4.02. The zero-order chi connectivity index (χ0) is 14.7. The fourth-order valence-corrected chi connectivity index (χ4v) is 2.36. The van der Waals surface area contributed by atoms with E-state index in [2.05, 4.69) is 21.0 Å². The Balaban J connectivity index is 2.37. The van der Waals surface area contributed by atoms with Crippen LogP contribution in [0.4, 0.5) is 0 Å². The average Bonchev–Trinajstić information content (AvgIpc) is 2.80. The normalized spacial score (nSPS) is 10.8. The predicted octanol–water partition coefficient (Wildman–Crippen LogP) is 3.83. The molecule has 0 aliphatic rings. The van der Waals surface area contributed by atoms with Gasteiger partial charge in [-0.05, 0) is 34.1 Å². The lowest BCUT2D eigenvalue weighted by molar-refractivity contribution is 0.102. The van der Waals surface area contributed by atoms with E-state index in [1.807, 2.05) is 0 Å². The minimum atomic E-state index is -0.224. The summed E-state index contributed by atoms with van der Waals surface area (Å²) in [5, 5.41) is 4.86. The number of ketones is 1. The number of carbonyl (C=O) groups excluding carboxylic acids is 1. The van der Waals surface area contributed by atoms with Gasteiger partial charge in [0.25, 0.3) is 0 Å². The molecule has 20 heavy (non-hydrogen) atoms. The zero-order valence-electron chi connectivity index (χ0n) is 10.6. The van der Waals surface area contributed by atoms with Crippen LogP contribution >= 0.6 is 39.1 Å². The van der Waals surface area contributed by atoms with Crippen LogP contribution in [0.25, 0.3) is 0 Å². The highest BCUT2D eigenvalue weighted by atomic mass is 79.9. The average molecular weight is 378 g/mol. The van der Waals surface area contributed by atoms with Crippen LogP contribution in [0.1, 0.15) is 16.1 Å². The Morgan fingerprint density at radius 1 is 1.40 bits per heavy atom. The molecular weight excluding hydrogens is 367 g/mol. The number of aromatic nitrogens is 2. The summed E-state index contributed by atoms with van der Waals surface area (Å²) in [6.45, 7) is 0.897. The van der Waals surface area contributed by atoms with E-state index in [0.717, 1.165) is 4.47 Å². The standard InChI is InChI=1S/C13H11BrCl2N2O2/c1-20-5-4-18-12(11(16)7-17-18)13(19)8-2-3-9(14)10(15)6-8/h2-3,6-7H,4-5H2,1H3. The monoisotopic (exact) mass is 376 g/mol. The summed E-state index contributed by atoms with van der Waals surface area (Å²) in [7, 11) is 1.58. The fraction of sp³-hybridized carbons (Fsp3) is 0.231. The fourth-order valence-electron chi connectivity index (χ4n) is 1.71. The lowest BCUT2D eigenvalue weighted by atomic mass is 10.1. The van der Waals surface area contributed by atoms with Crippen molar-refractivity contribution in [3.63, 3.8) is 0 Å². The van der Waals surface area contributed by atoms with E-state index >= 15 is 0 Å². The first kappa shape index (κ1) is 15.5. The van der Waals surface area contributed by atoms with Gasteiger partial charge in [0.15, 0.2) is 0 Å². The van der Waals surface area contributed by atoms with Crippen molar-refractivity contribution in [2.24, 2.45) is 0 Å². The molecule has 1 heterocycles. The van der Waals surface area contributed by atoms with Crippen molar-refractivity contribution in [1.29, 1.82) is 0 Å². The number of ether oxygens (including phenoxy) is 1. The summed E-state index contributed by atoms with van der Waals surface area (Å²) in [4.78, 5) is 12.5. The zero-order valence-corrected chi connectivity index (χ0v) is 13.7. The van der Waals surface area contributed by atoms with E-state index in [9.17, 15) is 4.79 Å². The molecule has 7 heteroatoms. The number of methoxy groups -OCH3 is 1. The van der Waals surface area contributed by atoms with Crippen LogP contribution in [0.2, 0.25) is 10.0 Å². The third-order valence-electron chi connectivity index (χ3n) is 2.70. The van der Waals surface area contributed by atoms with E-state index < -0.39 is 0 Å². The molecule has 0 fully saturated rings. The molecule has 0 saturated carbocycles. The van der Waals surface area contributed by atoms with Gasteiger partial charge in [-0.15, -0.1) is 0 Å². The van der Waals surface area contributed by atoms with Gasteiger partial charge in [-0.1, -0.05) is 23.2 Å². The van der Waals surface area contributed by atoms with Crippen LogP contribution in [0, 0.1) is 0 Å². The summed E-state index contributed by atoms with van der Waals surface area (Å²) in [6.07, 6.45) is 1.45. The topological polar surface area (TPSA) is 44.1 Å². The van der Waals surface area contributed by atoms with Gasteiger partial charge in [0.1, 0.15) is 5.69 Å². The molecule has 0 radical (unpaired) electrons. The highest BCUT2D eigenvalue weighted by molar-refractivity contribution is 9.10. The van der Waals surface area contributed by atoms with Crippen LogP contribution in [0.15, 0.2) is 28.9 Å². The number of hydrogen-bond acceptors (Lipinski definition) is 3. The number of hydrogen-bond donors (Lipinski definition) is 0. The summed E-state index contributed by atoms with van der Waals surface area (Å²) in [6, 6.07) is 5.00. The molecule has 4 nitrogen and oxygen atoms in total. The van der Waals surface area contributed by atoms with Gasteiger partial charge in [-0.25, -0.2) is 0 Å². The Hall–Kier alpha value is -0.880. The molecule has 0 aliphatic carbocycles. The predicted molar refractivity (Wildman–Crippen MR) is 81.7 cm³/mol. The van der Waals surface area contributed by atoms with E-state index in [1.54, 1.807) is 25.3 Å². The van der Waals surface area contributed by atoms with Crippen molar-refractivity contribution in [3.8, 4) is 0 Å². The largest absolute Gasteiger partial charge is 0.383 e. The van der Waals surface area contributed by atoms with E-state index in [1.165, 1.54) is 10.9 Å². The Labute approximate surface area is 134 Å². The van der Waals surface area contributed by atoms with E-state index in [0.29, 0.717) is 34.5 Å². The van der Waals surface area contributed by atoms with Crippen molar-refractivity contribution in [2.75, 3.05) is 13.7 Å². The molecule has 0 N–H and O–H groups in total. The Kier molecular flexibility index (Phi) is 5.21. The van der Waals surface area contributed by atoms with Crippen molar-refractivity contribution in [3.05, 3.63) is 50.2 Å². The number of rotatable bonds is 5. The van der Waals surface area contributed by atoms with E-state index in [-0.39, 0.29) is 5.78 Å². The molecule has 106 valence electrons. The van der Waals surface area contributed by atoms with Crippen LogP contribution in [-0.4, -0.2) is 29.3 Å². The first-order chi connectivity index (χ1) is 9.54. The smallest absolute Gasteiger partial charge is 0.212 e. The number of nitrogens with zero attached hydrogens (tertiary/aromatic N) is 2. The quantitative estimate of drug-likeness (QED) is 0.743. The van der Waals surface area contributed by atoms with Crippen LogP contribution in [0.5, 0.6) is 0 Å². The third kappa shape index (κ3) is 3.23. The SMILES string of the molecule is COCCn1ncc(Cl)c1C(=O)c1ccc(Br)c(Cl)c1. The second-order valence-corrected chi connectivity index (χ2v) is 5.68. The van der Waals surface area contributed by atoms with Crippen molar-refractivity contribution >= 4 is 44.9 Å². The molecule has 2 aromatic rings. The van der Waals surface area contributed by atoms with Gasteiger partial charge in [0.2, 0.25) is 5.78 Å². The molecule has 1 aromatic carbocycles. The van der Waals surface area contributed by atoms with Crippen molar-refractivity contribution in [1.82, 2.24) is 9.78 Å². The molecule has 0 spiro atoms. The molecule has 0 saturated heterocycles. The number of benzene rings is 1. The minimum Gasteiger partial charge on any atom is -0.383 e.